The summed E-state index contributed by atoms with van der Waals surface area (Å²) in [5.74, 6) is 0.254. The molecule has 1 rings (SSSR count). The molecule has 1 saturated carbocycles. The van der Waals surface area contributed by atoms with Gasteiger partial charge in [0.2, 0.25) is 11.8 Å². The van der Waals surface area contributed by atoms with Crippen molar-refractivity contribution in [3.05, 3.63) is 0 Å². The van der Waals surface area contributed by atoms with Crippen molar-refractivity contribution in [2.45, 2.75) is 118 Å². The lowest BCUT2D eigenvalue weighted by Crippen LogP contribution is -2.57. The molecule has 2 atom stereocenters. The van der Waals surface area contributed by atoms with Crippen LogP contribution in [0.2, 0.25) is 0 Å². The van der Waals surface area contributed by atoms with Crippen molar-refractivity contribution in [2.75, 3.05) is 0 Å². The molecule has 0 aromatic heterocycles. The fraction of sp³-hybridized carbons (Fsp3) is 0.909. The average Bonchev–Trinajstić information content (AvgIpc) is 2.59. The molecule has 0 unspecified atom stereocenters. The summed E-state index contributed by atoms with van der Waals surface area (Å²) in [7, 11) is 0. The number of carbonyl (C=O) groups is 2. The number of amides is 2. The van der Waals surface area contributed by atoms with Crippen molar-refractivity contribution in [1.29, 1.82) is 0 Å². The molecule has 0 radical (unpaired) electrons. The van der Waals surface area contributed by atoms with Crippen LogP contribution in [0.5, 0.6) is 0 Å². The van der Waals surface area contributed by atoms with Gasteiger partial charge in [0.15, 0.2) is 0 Å². The standard InChI is InChI=1S/C22H42N2O2/c1-7-9-15-21(3,4)19(25)23-17-13-11-12-14-18(17)24-20(26)22(5,6)16-10-8-2/h17-18H,7-16H2,1-6H3,(H,23,25)(H,24,26)/t17-,18+. The lowest BCUT2D eigenvalue weighted by atomic mass is 9.83. The van der Waals surface area contributed by atoms with Crippen LogP contribution in [0.1, 0.15) is 106 Å². The van der Waals surface area contributed by atoms with Crippen LogP contribution < -0.4 is 10.6 Å². The second kappa shape index (κ2) is 10.3. The maximum Gasteiger partial charge on any atom is 0.225 e. The zero-order chi connectivity index (χ0) is 19.8. The van der Waals surface area contributed by atoms with Gasteiger partial charge in [0.1, 0.15) is 0 Å². The summed E-state index contributed by atoms with van der Waals surface area (Å²) in [6, 6.07) is 0.117. The second-order valence-electron chi connectivity index (χ2n) is 9.42. The van der Waals surface area contributed by atoms with Gasteiger partial charge in [-0.25, -0.2) is 0 Å². The van der Waals surface area contributed by atoms with Crippen molar-refractivity contribution in [2.24, 2.45) is 10.8 Å². The highest BCUT2D eigenvalue weighted by Gasteiger charge is 2.35. The Morgan fingerprint density at radius 1 is 0.769 bits per heavy atom. The minimum absolute atomic E-state index is 0.0584. The fourth-order valence-electron chi connectivity index (χ4n) is 3.67. The summed E-state index contributed by atoms with van der Waals surface area (Å²) in [4.78, 5) is 25.6. The zero-order valence-corrected chi connectivity index (χ0v) is 18.0. The second-order valence-corrected chi connectivity index (χ2v) is 9.42. The Balaban J connectivity index is 2.69. The molecule has 2 amide bonds. The molecular weight excluding hydrogens is 324 g/mol. The molecule has 4 heteroatoms. The first kappa shape index (κ1) is 23.0. The van der Waals surface area contributed by atoms with Crippen molar-refractivity contribution in [3.8, 4) is 0 Å². The van der Waals surface area contributed by atoms with Crippen molar-refractivity contribution in [3.63, 3.8) is 0 Å². The van der Waals surface area contributed by atoms with Crippen LogP contribution >= 0.6 is 0 Å². The van der Waals surface area contributed by atoms with E-state index in [0.717, 1.165) is 64.2 Å². The van der Waals surface area contributed by atoms with E-state index in [-0.39, 0.29) is 34.7 Å². The number of hydrogen-bond acceptors (Lipinski definition) is 2. The lowest BCUT2D eigenvalue weighted by molar-refractivity contribution is -0.133. The van der Waals surface area contributed by atoms with Crippen molar-refractivity contribution >= 4 is 11.8 Å². The van der Waals surface area contributed by atoms with Gasteiger partial charge >= 0.3 is 0 Å². The summed E-state index contributed by atoms with van der Waals surface area (Å²) in [5.41, 5.74) is -0.690. The number of unbranched alkanes of at least 4 members (excludes halogenated alkanes) is 2. The predicted molar refractivity (Wildman–Crippen MR) is 109 cm³/mol. The zero-order valence-electron chi connectivity index (χ0n) is 18.0. The maximum absolute atomic E-state index is 12.8. The third-order valence-electron chi connectivity index (χ3n) is 5.94. The largest absolute Gasteiger partial charge is 0.351 e. The van der Waals surface area contributed by atoms with Gasteiger partial charge in [0.25, 0.3) is 0 Å². The summed E-state index contributed by atoms with van der Waals surface area (Å²) < 4.78 is 0. The first-order valence-corrected chi connectivity index (χ1v) is 10.8. The molecule has 0 saturated heterocycles. The highest BCUT2D eigenvalue weighted by Crippen LogP contribution is 2.28. The molecule has 0 spiro atoms. The molecule has 0 heterocycles. The van der Waals surface area contributed by atoms with E-state index in [0.29, 0.717) is 0 Å². The van der Waals surface area contributed by atoms with Crippen molar-refractivity contribution < 1.29 is 9.59 Å². The average molecular weight is 367 g/mol. The molecule has 0 aromatic rings. The SMILES string of the molecule is CCCCC(C)(C)C(=O)N[C@H]1CCCC[C@H]1NC(=O)C(C)(C)CCCC. The quantitative estimate of drug-likeness (QED) is 0.574. The molecule has 0 aromatic carbocycles. The van der Waals surface area contributed by atoms with E-state index < -0.39 is 0 Å². The number of rotatable bonds is 10. The highest BCUT2D eigenvalue weighted by atomic mass is 16.2. The Morgan fingerprint density at radius 2 is 1.12 bits per heavy atom. The van der Waals surface area contributed by atoms with Crippen LogP contribution in [0, 0.1) is 10.8 Å². The normalized spacial score (nSPS) is 21.3. The van der Waals surface area contributed by atoms with Crippen LogP contribution in [0.15, 0.2) is 0 Å². The smallest absolute Gasteiger partial charge is 0.225 e. The Labute approximate surface area is 161 Å². The highest BCUT2D eigenvalue weighted by molar-refractivity contribution is 5.83. The molecule has 26 heavy (non-hydrogen) atoms. The monoisotopic (exact) mass is 366 g/mol. The van der Waals surface area contributed by atoms with Gasteiger partial charge in [-0.3, -0.25) is 9.59 Å². The summed E-state index contributed by atoms with van der Waals surface area (Å²) in [5, 5.41) is 6.53. The van der Waals surface area contributed by atoms with Crippen molar-refractivity contribution in [1.82, 2.24) is 10.6 Å². The minimum Gasteiger partial charge on any atom is -0.351 e. The number of nitrogens with one attached hydrogen (secondary N) is 2. The Hall–Kier alpha value is -1.06. The van der Waals surface area contributed by atoms with Gasteiger partial charge in [-0.1, -0.05) is 80.1 Å². The van der Waals surface area contributed by atoms with Crippen LogP contribution in [0.3, 0.4) is 0 Å². The van der Waals surface area contributed by atoms with Gasteiger partial charge in [-0.05, 0) is 25.7 Å². The molecule has 152 valence electrons. The Kier molecular flexibility index (Phi) is 9.12. The van der Waals surface area contributed by atoms with E-state index in [4.69, 9.17) is 0 Å². The van der Waals surface area contributed by atoms with E-state index in [1.165, 1.54) is 0 Å². The van der Waals surface area contributed by atoms with E-state index in [1.807, 2.05) is 27.7 Å². The predicted octanol–water partition coefficient (Wildman–Crippen LogP) is 4.96. The lowest BCUT2D eigenvalue weighted by Gasteiger charge is -2.37. The molecule has 0 bridgehead atoms. The maximum atomic E-state index is 12.8. The molecule has 2 N–H and O–H groups in total. The molecule has 1 aliphatic rings. The van der Waals surface area contributed by atoms with Crippen LogP contribution in [-0.4, -0.2) is 23.9 Å². The summed E-state index contributed by atoms with van der Waals surface area (Å²) in [6.07, 6.45) is 10.3. The Morgan fingerprint density at radius 3 is 1.42 bits per heavy atom. The summed E-state index contributed by atoms with van der Waals surface area (Å²) in [6.45, 7) is 12.4. The van der Waals surface area contributed by atoms with E-state index in [1.54, 1.807) is 0 Å². The number of carbonyl (C=O) groups excluding carboxylic acids is 2. The molecule has 1 fully saturated rings. The topological polar surface area (TPSA) is 58.2 Å². The van der Waals surface area contributed by atoms with Gasteiger partial charge in [-0.2, -0.15) is 0 Å². The first-order valence-electron chi connectivity index (χ1n) is 10.8. The van der Waals surface area contributed by atoms with Gasteiger partial charge < -0.3 is 10.6 Å². The summed E-state index contributed by atoms with van der Waals surface area (Å²) >= 11 is 0. The Bertz CT molecular complexity index is 415. The van der Waals surface area contributed by atoms with Gasteiger partial charge in [0, 0.05) is 22.9 Å². The third kappa shape index (κ3) is 6.92. The molecule has 0 aliphatic heterocycles. The van der Waals surface area contributed by atoms with Gasteiger partial charge in [-0.15, -0.1) is 0 Å². The van der Waals surface area contributed by atoms with E-state index >= 15 is 0 Å². The van der Waals surface area contributed by atoms with E-state index in [2.05, 4.69) is 24.5 Å². The van der Waals surface area contributed by atoms with Crippen LogP contribution in [0.4, 0.5) is 0 Å². The van der Waals surface area contributed by atoms with Gasteiger partial charge in [0.05, 0.1) is 0 Å². The molecule has 1 aliphatic carbocycles. The van der Waals surface area contributed by atoms with Crippen LogP contribution in [-0.2, 0) is 9.59 Å². The number of hydrogen-bond donors (Lipinski definition) is 2. The molecule has 4 nitrogen and oxygen atoms in total. The molecular formula is C22H42N2O2. The minimum atomic E-state index is -0.345. The van der Waals surface area contributed by atoms with E-state index in [9.17, 15) is 9.59 Å². The first-order chi connectivity index (χ1) is 12.1. The third-order valence-corrected chi connectivity index (χ3v) is 5.94. The van der Waals surface area contributed by atoms with Crippen LogP contribution in [0.25, 0.3) is 0 Å². The fourth-order valence-corrected chi connectivity index (χ4v) is 3.67.